The number of thioether (sulfide) groups is 1. The number of fused-ring (bicyclic) bond motifs is 3. The van der Waals surface area contributed by atoms with E-state index in [1.807, 2.05) is 18.2 Å². The van der Waals surface area contributed by atoms with E-state index in [-0.39, 0.29) is 0 Å². The zero-order valence-electron chi connectivity index (χ0n) is 14.8. The minimum atomic E-state index is 0.633. The topological polar surface area (TPSA) is 27.3 Å². The number of benzene rings is 2. The monoisotopic (exact) mass is 385 g/mol. The van der Waals surface area contributed by atoms with E-state index in [1.165, 1.54) is 35.5 Å². The lowest BCUT2D eigenvalue weighted by Gasteiger charge is -2.33. The third kappa shape index (κ3) is 2.98. The van der Waals surface area contributed by atoms with E-state index < -0.39 is 0 Å². The Morgan fingerprint density at radius 1 is 1.27 bits per heavy atom. The Bertz CT molecular complexity index is 825. The second-order valence-corrected chi connectivity index (χ2v) is 9.01. The van der Waals surface area contributed by atoms with Gasteiger partial charge in [-0.3, -0.25) is 0 Å². The zero-order valence-corrected chi connectivity index (χ0v) is 16.4. The molecule has 3 heterocycles. The number of hydrogen-bond donors (Lipinski definition) is 2. The van der Waals surface area contributed by atoms with E-state index in [4.69, 9.17) is 11.6 Å². The Labute approximate surface area is 164 Å². The Morgan fingerprint density at radius 3 is 3.15 bits per heavy atom. The minimum absolute atomic E-state index is 0.633. The average Bonchev–Trinajstić information content (AvgIpc) is 2.82. The number of piperidine rings is 1. The van der Waals surface area contributed by atoms with Gasteiger partial charge in [0.05, 0.1) is 0 Å². The Kier molecular flexibility index (Phi) is 4.51. The standard InChI is InChI=1S/C21H24ClN3S/c22-16-3-1-2-14(8-16)11-24-17-9-15-13-26-7-6-25-20-4-5-23-12-19(20)18(10-17)21(15)25/h1-3,8-10,19-20,23-24H,4-7,11-13H2/t19-,20-/m0/s1. The summed E-state index contributed by atoms with van der Waals surface area (Å²) in [4.78, 5) is 2.72. The summed E-state index contributed by atoms with van der Waals surface area (Å²) in [7, 11) is 0. The zero-order chi connectivity index (χ0) is 17.5. The number of halogens is 1. The highest BCUT2D eigenvalue weighted by Crippen LogP contribution is 2.48. The van der Waals surface area contributed by atoms with Crippen LogP contribution in [0.1, 0.15) is 29.0 Å². The van der Waals surface area contributed by atoms with Crippen LogP contribution in [-0.4, -0.2) is 31.4 Å². The highest BCUT2D eigenvalue weighted by atomic mass is 35.5. The van der Waals surface area contributed by atoms with Crippen LogP contribution in [-0.2, 0) is 12.3 Å². The first-order chi connectivity index (χ1) is 12.8. The average molecular weight is 386 g/mol. The molecule has 1 saturated heterocycles. The van der Waals surface area contributed by atoms with Crippen molar-refractivity contribution < 1.29 is 0 Å². The second-order valence-electron chi connectivity index (χ2n) is 7.47. The van der Waals surface area contributed by atoms with E-state index >= 15 is 0 Å². The molecule has 5 heteroatoms. The van der Waals surface area contributed by atoms with Gasteiger partial charge in [0.1, 0.15) is 0 Å². The first-order valence-corrected chi connectivity index (χ1v) is 11.0. The molecular formula is C21H24ClN3S. The van der Waals surface area contributed by atoms with Crippen LogP contribution >= 0.6 is 23.4 Å². The number of rotatable bonds is 3. The van der Waals surface area contributed by atoms with E-state index in [9.17, 15) is 0 Å². The molecule has 0 unspecified atom stereocenters. The summed E-state index contributed by atoms with van der Waals surface area (Å²) in [6, 6.07) is 13.6. The van der Waals surface area contributed by atoms with Crippen LogP contribution in [0.15, 0.2) is 36.4 Å². The maximum absolute atomic E-state index is 6.13. The molecule has 3 nitrogen and oxygen atoms in total. The van der Waals surface area contributed by atoms with E-state index in [0.717, 1.165) is 30.4 Å². The molecule has 2 aromatic rings. The number of hydrogen-bond acceptors (Lipinski definition) is 4. The summed E-state index contributed by atoms with van der Waals surface area (Å²) in [6.45, 7) is 4.26. The molecule has 3 aliphatic heterocycles. The van der Waals surface area contributed by atoms with Gasteiger partial charge in [-0.2, -0.15) is 11.8 Å². The summed E-state index contributed by atoms with van der Waals surface area (Å²) >= 11 is 8.19. The number of anilines is 2. The van der Waals surface area contributed by atoms with Gasteiger partial charge in [0, 0.05) is 59.5 Å². The van der Waals surface area contributed by atoms with Crippen molar-refractivity contribution >= 4 is 34.7 Å². The van der Waals surface area contributed by atoms with Crippen molar-refractivity contribution in [3.05, 3.63) is 58.1 Å². The third-order valence-corrected chi connectivity index (χ3v) is 7.09. The Hall–Kier alpha value is -1.36. The maximum atomic E-state index is 6.13. The molecule has 2 aromatic carbocycles. The lowest BCUT2D eigenvalue weighted by molar-refractivity contribution is 0.406. The second kappa shape index (κ2) is 6.99. The predicted octanol–water partition coefficient (Wildman–Crippen LogP) is 4.46. The lowest BCUT2D eigenvalue weighted by Crippen LogP contribution is -2.44. The fourth-order valence-corrected chi connectivity index (χ4v) is 5.86. The summed E-state index contributed by atoms with van der Waals surface area (Å²) in [5, 5.41) is 8.05. The van der Waals surface area contributed by atoms with Crippen molar-refractivity contribution in [2.24, 2.45) is 0 Å². The third-order valence-electron chi connectivity index (χ3n) is 5.87. The molecule has 136 valence electrons. The van der Waals surface area contributed by atoms with Gasteiger partial charge in [-0.1, -0.05) is 23.7 Å². The SMILES string of the molecule is Clc1cccc(CNc2cc3c4c(c2)[C@@H]2CNCC[C@@H]2N4CCSC3)c1. The van der Waals surface area contributed by atoms with Gasteiger partial charge in [-0.05, 0) is 53.9 Å². The number of nitrogens with one attached hydrogen (secondary N) is 2. The molecule has 0 radical (unpaired) electrons. The lowest BCUT2D eigenvalue weighted by atomic mass is 9.89. The quantitative estimate of drug-likeness (QED) is 0.815. The fraction of sp³-hybridized carbons (Fsp3) is 0.429. The smallest absolute Gasteiger partial charge is 0.0448 e. The predicted molar refractivity (Wildman–Crippen MR) is 113 cm³/mol. The number of nitrogens with zero attached hydrogens (tertiary/aromatic N) is 1. The van der Waals surface area contributed by atoms with Crippen molar-refractivity contribution in [2.45, 2.75) is 30.7 Å². The fourth-order valence-electron chi connectivity index (χ4n) is 4.74. The highest BCUT2D eigenvalue weighted by Gasteiger charge is 2.41. The maximum Gasteiger partial charge on any atom is 0.0448 e. The molecule has 3 aliphatic rings. The van der Waals surface area contributed by atoms with Gasteiger partial charge in [0.15, 0.2) is 0 Å². The summed E-state index contributed by atoms with van der Waals surface area (Å²) in [6.07, 6.45) is 1.26. The van der Waals surface area contributed by atoms with Gasteiger partial charge >= 0.3 is 0 Å². The van der Waals surface area contributed by atoms with Gasteiger partial charge in [-0.15, -0.1) is 0 Å². The van der Waals surface area contributed by atoms with Crippen molar-refractivity contribution in [2.75, 3.05) is 35.6 Å². The molecule has 2 atom stereocenters. The Morgan fingerprint density at radius 2 is 2.23 bits per heavy atom. The normalized spacial score (nSPS) is 24.0. The van der Waals surface area contributed by atoms with Crippen LogP contribution in [0, 0.1) is 0 Å². The molecule has 0 aromatic heterocycles. The van der Waals surface area contributed by atoms with Crippen LogP contribution in [0.5, 0.6) is 0 Å². The van der Waals surface area contributed by atoms with Crippen molar-refractivity contribution in [1.82, 2.24) is 5.32 Å². The Balaban J connectivity index is 1.47. The van der Waals surface area contributed by atoms with Gasteiger partial charge in [-0.25, -0.2) is 0 Å². The van der Waals surface area contributed by atoms with Gasteiger partial charge in [0.2, 0.25) is 0 Å². The van der Waals surface area contributed by atoms with Gasteiger partial charge < -0.3 is 15.5 Å². The molecule has 5 rings (SSSR count). The first-order valence-electron chi connectivity index (χ1n) is 9.50. The molecule has 0 aliphatic carbocycles. The van der Waals surface area contributed by atoms with Crippen LogP contribution in [0.4, 0.5) is 11.4 Å². The molecule has 0 amide bonds. The van der Waals surface area contributed by atoms with Crippen molar-refractivity contribution in [1.29, 1.82) is 0 Å². The van der Waals surface area contributed by atoms with E-state index in [2.05, 4.69) is 45.5 Å². The van der Waals surface area contributed by atoms with Crippen LogP contribution < -0.4 is 15.5 Å². The summed E-state index contributed by atoms with van der Waals surface area (Å²) in [5.41, 5.74) is 7.07. The molecule has 2 N–H and O–H groups in total. The van der Waals surface area contributed by atoms with Crippen molar-refractivity contribution in [3.63, 3.8) is 0 Å². The van der Waals surface area contributed by atoms with Crippen LogP contribution in [0.3, 0.4) is 0 Å². The molecule has 0 saturated carbocycles. The van der Waals surface area contributed by atoms with E-state index in [0.29, 0.717) is 12.0 Å². The molecule has 1 fully saturated rings. The largest absolute Gasteiger partial charge is 0.381 e. The van der Waals surface area contributed by atoms with E-state index in [1.54, 1.807) is 11.3 Å². The van der Waals surface area contributed by atoms with Crippen LogP contribution in [0.2, 0.25) is 5.02 Å². The molecular weight excluding hydrogens is 362 g/mol. The summed E-state index contributed by atoms with van der Waals surface area (Å²) in [5.74, 6) is 2.99. The molecule has 0 bridgehead atoms. The molecule has 26 heavy (non-hydrogen) atoms. The highest BCUT2D eigenvalue weighted by molar-refractivity contribution is 7.98. The van der Waals surface area contributed by atoms with Crippen molar-refractivity contribution in [3.8, 4) is 0 Å². The van der Waals surface area contributed by atoms with Gasteiger partial charge in [0.25, 0.3) is 0 Å². The molecule has 0 spiro atoms. The minimum Gasteiger partial charge on any atom is -0.381 e. The summed E-state index contributed by atoms with van der Waals surface area (Å²) < 4.78 is 0. The van der Waals surface area contributed by atoms with Crippen LogP contribution in [0.25, 0.3) is 0 Å². The first kappa shape index (κ1) is 16.8.